The van der Waals surface area contributed by atoms with Gasteiger partial charge in [0, 0.05) is 19.8 Å². The first-order valence-electron chi connectivity index (χ1n) is 8.91. The minimum atomic E-state index is -0.960. The summed E-state index contributed by atoms with van der Waals surface area (Å²) in [6, 6.07) is 11.4. The number of hydrogen-bond acceptors (Lipinski definition) is 3. The quantitative estimate of drug-likeness (QED) is 0.640. The molecule has 0 aliphatic rings. The Balaban J connectivity index is 2.14. The highest BCUT2D eigenvalue weighted by Crippen LogP contribution is 2.09. The van der Waals surface area contributed by atoms with Crippen LogP contribution >= 0.6 is 0 Å². The first-order valence-corrected chi connectivity index (χ1v) is 8.91. The second kappa shape index (κ2) is 9.64. The van der Waals surface area contributed by atoms with E-state index >= 15 is 0 Å². The molecule has 3 amide bonds. The monoisotopic (exact) mass is 385 g/mol. The standard InChI is InChI=1S/C21H24FN3O3/c1-13-5-3-6-15(9-13)11-18(20(23)27)25-21(28)19(24-14(2)26)12-16-7-4-8-17(22)10-16/h3-10,18-19H,11-12H2,1-2H3,(H2,23,27)(H,24,26)(H,25,28)/t18-,19+/m1/s1. The van der Waals surface area contributed by atoms with Gasteiger partial charge in [-0.25, -0.2) is 4.39 Å². The van der Waals surface area contributed by atoms with Crippen molar-refractivity contribution in [1.29, 1.82) is 0 Å². The molecule has 0 aromatic heterocycles. The molecule has 0 bridgehead atoms. The number of carbonyl (C=O) groups excluding carboxylic acids is 3. The average Bonchev–Trinajstić information content (AvgIpc) is 2.60. The molecule has 2 aromatic rings. The predicted octanol–water partition coefficient (Wildman–Crippen LogP) is 1.39. The maximum atomic E-state index is 13.4. The van der Waals surface area contributed by atoms with E-state index in [1.54, 1.807) is 6.07 Å². The van der Waals surface area contributed by atoms with E-state index in [0.717, 1.165) is 11.1 Å². The summed E-state index contributed by atoms with van der Waals surface area (Å²) in [5, 5.41) is 5.14. The van der Waals surface area contributed by atoms with Crippen molar-refractivity contribution < 1.29 is 18.8 Å². The molecule has 0 unspecified atom stereocenters. The first kappa shape index (κ1) is 21.1. The average molecular weight is 385 g/mol. The minimum Gasteiger partial charge on any atom is -0.368 e. The van der Waals surface area contributed by atoms with Gasteiger partial charge in [-0.15, -0.1) is 0 Å². The molecule has 0 aliphatic heterocycles. The fourth-order valence-electron chi connectivity index (χ4n) is 2.92. The Bertz CT molecular complexity index is 869. The van der Waals surface area contributed by atoms with E-state index in [4.69, 9.17) is 5.73 Å². The van der Waals surface area contributed by atoms with Gasteiger partial charge in [0.05, 0.1) is 0 Å². The number of hydrogen-bond donors (Lipinski definition) is 3. The number of nitrogens with one attached hydrogen (secondary N) is 2. The van der Waals surface area contributed by atoms with Crippen LogP contribution in [0.2, 0.25) is 0 Å². The van der Waals surface area contributed by atoms with Crippen LogP contribution in [0.15, 0.2) is 48.5 Å². The summed E-state index contributed by atoms with van der Waals surface area (Å²) in [6.07, 6.45) is 0.314. The normalized spacial score (nSPS) is 12.7. The summed E-state index contributed by atoms with van der Waals surface area (Å²) in [6.45, 7) is 3.21. The number of carbonyl (C=O) groups is 3. The zero-order valence-electron chi connectivity index (χ0n) is 15.9. The molecular weight excluding hydrogens is 361 g/mol. The Kier molecular flexibility index (Phi) is 7.26. The van der Waals surface area contributed by atoms with Crippen molar-refractivity contribution in [2.24, 2.45) is 5.73 Å². The van der Waals surface area contributed by atoms with Crippen LogP contribution in [0.3, 0.4) is 0 Å². The van der Waals surface area contributed by atoms with Gasteiger partial charge in [0.15, 0.2) is 0 Å². The van der Waals surface area contributed by atoms with Crippen LogP contribution in [0.25, 0.3) is 0 Å². The van der Waals surface area contributed by atoms with Gasteiger partial charge in [0.2, 0.25) is 17.7 Å². The number of benzene rings is 2. The molecule has 6 nitrogen and oxygen atoms in total. The number of amides is 3. The van der Waals surface area contributed by atoms with Gasteiger partial charge in [0.1, 0.15) is 17.9 Å². The largest absolute Gasteiger partial charge is 0.368 e. The zero-order chi connectivity index (χ0) is 20.7. The van der Waals surface area contributed by atoms with Crippen LogP contribution in [0.1, 0.15) is 23.6 Å². The highest BCUT2D eigenvalue weighted by Gasteiger charge is 2.25. The van der Waals surface area contributed by atoms with E-state index in [9.17, 15) is 18.8 Å². The number of primary amides is 1. The van der Waals surface area contributed by atoms with Gasteiger partial charge in [0.25, 0.3) is 0 Å². The molecular formula is C21H24FN3O3. The van der Waals surface area contributed by atoms with Crippen LogP contribution in [-0.2, 0) is 27.2 Å². The van der Waals surface area contributed by atoms with Gasteiger partial charge in [-0.3, -0.25) is 14.4 Å². The number of nitrogens with two attached hydrogens (primary N) is 1. The topological polar surface area (TPSA) is 101 Å². The van der Waals surface area contributed by atoms with E-state index in [1.165, 1.54) is 25.1 Å². The molecule has 2 rings (SSSR count). The van der Waals surface area contributed by atoms with Crippen LogP contribution in [0, 0.1) is 12.7 Å². The first-order chi connectivity index (χ1) is 13.2. The second-order valence-electron chi connectivity index (χ2n) is 6.74. The van der Waals surface area contributed by atoms with Crippen molar-refractivity contribution in [3.63, 3.8) is 0 Å². The van der Waals surface area contributed by atoms with Crippen molar-refractivity contribution in [3.8, 4) is 0 Å². The molecule has 0 radical (unpaired) electrons. The van der Waals surface area contributed by atoms with E-state index in [-0.39, 0.29) is 12.8 Å². The fraction of sp³-hybridized carbons (Fsp3) is 0.286. The van der Waals surface area contributed by atoms with Crippen LogP contribution in [0.4, 0.5) is 4.39 Å². The maximum Gasteiger partial charge on any atom is 0.243 e. The van der Waals surface area contributed by atoms with Crippen LogP contribution < -0.4 is 16.4 Å². The van der Waals surface area contributed by atoms with Gasteiger partial charge in [-0.2, -0.15) is 0 Å². The Hall–Kier alpha value is -3.22. The van der Waals surface area contributed by atoms with Crippen LogP contribution in [-0.4, -0.2) is 29.8 Å². The van der Waals surface area contributed by atoms with E-state index in [1.807, 2.05) is 31.2 Å². The van der Waals surface area contributed by atoms with Crippen molar-refractivity contribution in [2.75, 3.05) is 0 Å². The molecule has 0 heterocycles. The lowest BCUT2D eigenvalue weighted by Gasteiger charge is -2.22. The molecule has 0 aliphatic carbocycles. The summed E-state index contributed by atoms with van der Waals surface area (Å²) in [5.74, 6) is -2.09. The molecule has 2 aromatic carbocycles. The van der Waals surface area contributed by atoms with Crippen LogP contribution in [0.5, 0.6) is 0 Å². The predicted molar refractivity (Wildman–Crippen MR) is 104 cm³/mol. The summed E-state index contributed by atoms with van der Waals surface area (Å²) < 4.78 is 13.4. The van der Waals surface area contributed by atoms with E-state index in [0.29, 0.717) is 5.56 Å². The summed E-state index contributed by atoms with van der Waals surface area (Å²) in [5.41, 5.74) is 7.87. The number of rotatable bonds is 8. The Labute approximate surface area is 163 Å². The fourth-order valence-corrected chi connectivity index (χ4v) is 2.92. The second-order valence-corrected chi connectivity index (χ2v) is 6.74. The van der Waals surface area contributed by atoms with Crippen molar-refractivity contribution >= 4 is 17.7 Å². The lowest BCUT2D eigenvalue weighted by Crippen LogP contribution is -2.54. The van der Waals surface area contributed by atoms with Gasteiger partial charge in [-0.1, -0.05) is 42.0 Å². The third kappa shape index (κ3) is 6.50. The summed E-state index contributed by atoms with van der Waals surface area (Å²) in [7, 11) is 0. The van der Waals surface area contributed by atoms with Crippen molar-refractivity contribution in [3.05, 3.63) is 71.0 Å². The van der Waals surface area contributed by atoms with Crippen molar-refractivity contribution in [1.82, 2.24) is 10.6 Å². The molecule has 0 spiro atoms. The van der Waals surface area contributed by atoms with Gasteiger partial charge >= 0.3 is 0 Å². The molecule has 7 heteroatoms. The lowest BCUT2D eigenvalue weighted by atomic mass is 10.0. The molecule has 148 valence electrons. The SMILES string of the molecule is CC(=O)N[C@@H](Cc1cccc(F)c1)C(=O)N[C@H](Cc1cccc(C)c1)C(N)=O. The Morgan fingerprint density at radius 3 is 2.14 bits per heavy atom. The molecule has 4 N–H and O–H groups in total. The number of halogens is 1. The third-order valence-electron chi connectivity index (χ3n) is 4.21. The van der Waals surface area contributed by atoms with E-state index < -0.39 is 35.6 Å². The van der Waals surface area contributed by atoms with Crippen molar-refractivity contribution in [2.45, 2.75) is 38.8 Å². The van der Waals surface area contributed by atoms with Gasteiger partial charge < -0.3 is 16.4 Å². The highest BCUT2D eigenvalue weighted by atomic mass is 19.1. The minimum absolute atomic E-state index is 0.0824. The number of aryl methyl sites for hydroxylation is 1. The summed E-state index contributed by atoms with van der Waals surface area (Å²) >= 11 is 0. The van der Waals surface area contributed by atoms with E-state index in [2.05, 4.69) is 10.6 Å². The molecule has 28 heavy (non-hydrogen) atoms. The lowest BCUT2D eigenvalue weighted by molar-refractivity contribution is -0.130. The molecule has 0 saturated carbocycles. The van der Waals surface area contributed by atoms with Gasteiger partial charge in [-0.05, 0) is 30.2 Å². The molecule has 2 atom stereocenters. The molecule has 0 fully saturated rings. The Morgan fingerprint density at radius 2 is 1.57 bits per heavy atom. The smallest absolute Gasteiger partial charge is 0.243 e. The Morgan fingerprint density at radius 1 is 0.964 bits per heavy atom. The highest BCUT2D eigenvalue weighted by molar-refractivity contribution is 5.91. The zero-order valence-corrected chi connectivity index (χ0v) is 15.9. The third-order valence-corrected chi connectivity index (χ3v) is 4.21. The maximum absolute atomic E-state index is 13.4. The summed E-state index contributed by atoms with van der Waals surface area (Å²) in [4.78, 5) is 36.1. The molecule has 0 saturated heterocycles.